The molecule has 0 fully saturated rings. The van der Waals surface area contributed by atoms with Gasteiger partial charge in [0, 0.05) is 36.9 Å². The molecule has 7 nitrogen and oxygen atoms in total. The van der Waals surface area contributed by atoms with E-state index < -0.39 is 0 Å². The number of amides is 1. The van der Waals surface area contributed by atoms with E-state index in [1.807, 2.05) is 18.5 Å². The second kappa shape index (κ2) is 6.32. The number of imidazole rings is 2. The molecule has 122 valence electrons. The fourth-order valence-corrected chi connectivity index (χ4v) is 3.72. The van der Waals surface area contributed by atoms with Crippen LogP contribution in [0.5, 0.6) is 0 Å². The molecule has 0 atom stereocenters. The Balaban J connectivity index is 1.44. The Hall–Kier alpha value is -2.87. The fraction of sp³-hybridized carbons (Fsp3) is 0.188. The van der Waals surface area contributed by atoms with Crippen molar-refractivity contribution < 1.29 is 4.79 Å². The van der Waals surface area contributed by atoms with Crippen LogP contribution in [0.15, 0.2) is 37.2 Å². The van der Waals surface area contributed by atoms with Crippen LogP contribution in [0.25, 0.3) is 10.2 Å². The second-order valence-corrected chi connectivity index (χ2v) is 6.56. The van der Waals surface area contributed by atoms with Crippen molar-refractivity contribution >= 4 is 32.5 Å². The predicted molar refractivity (Wildman–Crippen MR) is 93.1 cm³/mol. The first-order valence-corrected chi connectivity index (χ1v) is 8.45. The zero-order valence-corrected chi connectivity index (χ0v) is 13.6. The molecule has 24 heavy (non-hydrogen) atoms. The van der Waals surface area contributed by atoms with Gasteiger partial charge in [-0.3, -0.25) is 4.79 Å². The molecule has 0 unspecified atom stereocenters. The van der Waals surface area contributed by atoms with E-state index in [2.05, 4.69) is 30.2 Å². The number of thiophene rings is 1. The van der Waals surface area contributed by atoms with Gasteiger partial charge in [0.2, 0.25) is 5.91 Å². The number of rotatable bonds is 6. The highest BCUT2D eigenvalue weighted by atomic mass is 32.1. The lowest BCUT2D eigenvalue weighted by atomic mass is 10.2. The van der Waals surface area contributed by atoms with Crippen LogP contribution in [-0.2, 0) is 24.1 Å². The van der Waals surface area contributed by atoms with E-state index in [9.17, 15) is 4.79 Å². The summed E-state index contributed by atoms with van der Waals surface area (Å²) < 4.78 is 1.18. The SMILES string of the molecule is O=C(Cc1cnc[nH]1)Nc1cc2[nH]cc(CCc3ncc[nH]3)c2s1. The average molecular weight is 340 g/mol. The van der Waals surface area contributed by atoms with Crippen molar-refractivity contribution in [2.24, 2.45) is 0 Å². The summed E-state index contributed by atoms with van der Waals surface area (Å²) >= 11 is 1.59. The van der Waals surface area contributed by atoms with E-state index in [1.165, 1.54) is 10.3 Å². The molecule has 0 aliphatic heterocycles. The minimum absolute atomic E-state index is 0.0553. The fourth-order valence-electron chi connectivity index (χ4n) is 2.64. The summed E-state index contributed by atoms with van der Waals surface area (Å²) in [5.74, 6) is 0.925. The number of fused-ring (bicyclic) bond motifs is 1. The molecule has 4 aromatic rings. The largest absolute Gasteiger partial charge is 0.360 e. The minimum Gasteiger partial charge on any atom is -0.360 e. The van der Waals surface area contributed by atoms with Gasteiger partial charge in [0.1, 0.15) is 5.82 Å². The lowest BCUT2D eigenvalue weighted by molar-refractivity contribution is -0.115. The van der Waals surface area contributed by atoms with Crippen LogP contribution < -0.4 is 5.32 Å². The number of nitrogens with one attached hydrogen (secondary N) is 4. The smallest absolute Gasteiger partial charge is 0.230 e. The molecule has 8 heteroatoms. The molecular weight excluding hydrogens is 324 g/mol. The molecular formula is C16H16N6OS. The van der Waals surface area contributed by atoms with Gasteiger partial charge in [0.15, 0.2) is 0 Å². The molecule has 0 bridgehead atoms. The normalized spacial score (nSPS) is 11.2. The van der Waals surface area contributed by atoms with E-state index in [4.69, 9.17) is 0 Å². The third kappa shape index (κ3) is 3.09. The first-order valence-electron chi connectivity index (χ1n) is 7.63. The number of H-pyrrole nitrogens is 3. The van der Waals surface area contributed by atoms with Crippen molar-refractivity contribution in [1.82, 2.24) is 24.9 Å². The molecule has 0 saturated carbocycles. The first kappa shape index (κ1) is 14.7. The summed E-state index contributed by atoms with van der Waals surface area (Å²) in [5, 5.41) is 3.79. The number of carbonyl (C=O) groups excluding carboxylic acids is 1. The molecule has 0 aliphatic rings. The molecule has 0 saturated heterocycles. The van der Waals surface area contributed by atoms with Crippen molar-refractivity contribution in [3.8, 4) is 0 Å². The van der Waals surface area contributed by atoms with Crippen molar-refractivity contribution in [3.05, 3.63) is 54.3 Å². The topological polar surface area (TPSA) is 102 Å². The lowest BCUT2D eigenvalue weighted by Gasteiger charge is -2.00. The number of carbonyl (C=O) groups is 1. The summed E-state index contributed by atoms with van der Waals surface area (Å²) in [6.45, 7) is 0. The highest BCUT2D eigenvalue weighted by Gasteiger charge is 2.12. The first-order chi connectivity index (χ1) is 11.8. The third-order valence-corrected chi connectivity index (χ3v) is 4.91. The Morgan fingerprint density at radius 2 is 2.21 bits per heavy atom. The highest BCUT2D eigenvalue weighted by molar-refractivity contribution is 7.23. The maximum atomic E-state index is 12.1. The Kier molecular flexibility index (Phi) is 3.87. The van der Waals surface area contributed by atoms with Crippen LogP contribution in [0.2, 0.25) is 0 Å². The molecule has 4 N–H and O–H groups in total. The quantitative estimate of drug-likeness (QED) is 0.434. The minimum atomic E-state index is -0.0553. The molecule has 0 aliphatic carbocycles. The number of aromatic nitrogens is 5. The highest BCUT2D eigenvalue weighted by Crippen LogP contribution is 2.32. The number of nitrogens with zero attached hydrogens (tertiary/aromatic N) is 2. The van der Waals surface area contributed by atoms with Gasteiger partial charge in [-0.1, -0.05) is 0 Å². The van der Waals surface area contributed by atoms with Crippen LogP contribution in [0.4, 0.5) is 5.00 Å². The lowest BCUT2D eigenvalue weighted by Crippen LogP contribution is -2.13. The van der Waals surface area contributed by atoms with Gasteiger partial charge in [-0.15, -0.1) is 11.3 Å². The van der Waals surface area contributed by atoms with Gasteiger partial charge >= 0.3 is 0 Å². The van der Waals surface area contributed by atoms with E-state index in [-0.39, 0.29) is 12.3 Å². The molecule has 0 aromatic carbocycles. The van der Waals surface area contributed by atoms with Crippen molar-refractivity contribution in [2.45, 2.75) is 19.3 Å². The summed E-state index contributed by atoms with van der Waals surface area (Å²) in [4.78, 5) is 29.6. The zero-order chi connectivity index (χ0) is 16.4. The summed E-state index contributed by atoms with van der Waals surface area (Å²) in [6.07, 6.45) is 10.9. The van der Waals surface area contributed by atoms with Gasteiger partial charge in [0.25, 0.3) is 0 Å². The van der Waals surface area contributed by atoms with Crippen LogP contribution in [-0.4, -0.2) is 30.8 Å². The third-order valence-electron chi connectivity index (χ3n) is 3.78. The van der Waals surface area contributed by atoms with Crippen LogP contribution in [0.1, 0.15) is 17.1 Å². The standard InChI is InChI=1S/C16H16N6OS/c23-14(5-11-8-17-9-21-11)22-15-6-12-16(24-15)10(7-20-12)1-2-13-18-3-4-19-13/h3-4,6-9,20H,1-2,5H2,(H,17,21)(H,18,19)(H,22,23). The van der Waals surface area contributed by atoms with Crippen LogP contribution >= 0.6 is 11.3 Å². The number of aromatic amines is 3. The van der Waals surface area contributed by atoms with Gasteiger partial charge < -0.3 is 20.3 Å². The molecule has 0 spiro atoms. The monoisotopic (exact) mass is 340 g/mol. The van der Waals surface area contributed by atoms with E-state index in [0.717, 1.165) is 34.9 Å². The molecule has 0 radical (unpaired) electrons. The Morgan fingerprint density at radius 1 is 1.25 bits per heavy atom. The second-order valence-electron chi connectivity index (χ2n) is 5.51. The Labute approximate surface area is 141 Å². The number of anilines is 1. The molecule has 4 aromatic heterocycles. The van der Waals surface area contributed by atoms with Crippen molar-refractivity contribution in [3.63, 3.8) is 0 Å². The van der Waals surface area contributed by atoms with Crippen molar-refractivity contribution in [1.29, 1.82) is 0 Å². The number of hydrogen-bond donors (Lipinski definition) is 4. The molecule has 4 heterocycles. The van der Waals surface area contributed by atoms with Crippen LogP contribution in [0.3, 0.4) is 0 Å². The summed E-state index contributed by atoms with van der Waals surface area (Å²) in [7, 11) is 0. The van der Waals surface area contributed by atoms with E-state index >= 15 is 0 Å². The number of aryl methyl sites for hydroxylation is 2. The number of hydrogen-bond acceptors (Lipinski definition) is 4. The summed E-state index contributed by atoms with van der Waals surface area (Å²) in [5.41, 5.74) is 3.08. The zero-order valence-electron chi connectivity index (χ0n) is 12.8. The maximum Gasteiger partial charge on any atom is 0.230 e. The van der Waals surface area contributed by atoms with Crippen LogP contribution in [0, 0.1) is 0 Å². The van der Waals surface area contributed by atoms with Gasteiger partial charge in [-0.2, -0.15) is 0 Å². The Bertz CT molecular complexity index is 935. The molecule has 4 rings (SSSR count). The van der Waals surface area contributed by atoms with Gasteiger partial charge in [0.05, 0.1) is 28.0 Å². The predicted octanol–water partition coefficient (Wildman–Crippen LogP) is 2.64. The average Bonchev–Trinajstić information content (AvgIpc) is 3.31. The maximum absolute atomic E-state index is 12.1. The van der Waals surface area contributed by atoms with Crippen molar-refractivity contribution in [2.75, 3.05) is 5.32 Å². The van der Waals surface area contributed by atoms with Gasteiger partial charge in [-0.05, 0) is 18.1 Å². The summed E-state index contributed by atoms with van der Waals surface area (Å²) in [6, 6.07) is 1.97. The molecule has 1 amide bonds. The Morgan fingerprint density at radius 3 is 3.00 bits per heavy atom. The van der Waals surface area contributed by atoms with Gasteiger partial charge in [-0.25, -0.2) is 9.97 Å². The van der Waals surface area contributed by atoms with E-state index in [1.54, 1.807) is 30.1 Å². The van der Waals surface area contributed by atoms with E-state index in [0.29, 0.717) is 0 Å².